The monoisotopic (exact) mass is 377 g/mol. The van der Waals surface area contributed by atoms with Crippen molar-refractivity contribution >= 4 is 17.5 Å². The van der Waals surface area contributed by atoms with Gasteiger partial charge in [0.05, 0.1) is 5.92 Å². The molecule has 8 heteroatoms. The smallest absolute Gasteiger partial charge is 0.338 e. The largest absolute Gasteiger partial charge is 0.433 e. The Labute approximate surface area is 154 Å². The van der Waals surface area contributed by atoms with E-state index in [9.17, 15) is 22.8 Å². The SMILES string of the molecule is O=C(Nc1ccccc1)C1CCCN(C(=O)c2ccnc(C(F)(F)F)c2)C1. The predicted octanol–water partition coefficient (Wildman–Crippen LogP) is 3.59. The van der Waals surface area contributed by atoms with Gasteiger partial charge in [-0.05, 0) is 37.1 Å². The van der Waals surface area contributed by atoms with Crippen molar-refractivity contribution in [1.82, 2.24) is 9.88 Å². The number of hydrogen-bond donors (Lipinski definition) is 1. The van der Waals surface area contributed by atoms with Crippen LogP contribution in [0.2, 0.25) is 0 Å². The van der Waals surface area contributed by atoms with Crippen LogP contribution in [0.1, 0.15) is 28.9 Å². The lowest BCUT2D eigenvalue weighted by Crippen LogP contribution is -2.43. The number of nitrogens with zero attached hydrogens (tertiary/aromatic N) is 2. The standard InChI is InChI=1S/C19H18F3N3O2/c20-19(21,22)16-11-13(8-9-23-16)18(27)25-10-4-5-14(12-25)17(26)24-15-6-2-1-3-7-15/h1-3,6-9,11,14H,4-5,10,12H2,(H,24,26). The lowest BCUT2D eigenvalue weighted by atomic mass is 9.96. The molecule has 1 aliphatic heterocycles. The molecular formula is C19H18F3N3O2. The molecule has 1 fully saturated rings. The van der Waals surface area contributed by atoms with E-state index in [1.807, 2.05) is 6.07 Å². The molecule has 2 heterocycles. The first kappa shape index (κ1) is 18.9. The summed E-state index contributed by atoms with van der Waals surface area (Å²) in [7, 11) is 0. The zero-order valence-electron chi connectivity index (χ0n) is 14.4. The molecule has 142 valence electrons. The van der Waals surface area contributed by atoms with Gasteiger partial charge in [0, 0.05) is 30.5 Å². The van der Waals surface area contributed by atoms with Gasteiger partial charge >= 0.3 is 6.18 Å². The first-order chi connectivity index (χ1) is 12.8. The van der Waals surface area contributed by atoms with Gasteiger partial charge in [-0.1, -0.05) is 18.2 Å². The number of hydrogen-bond acceptors (Lipinski definition) is 3. The molecule has 1 aromatic carbocycles. The number of amides is 2. The van der Waals surface area contributed by atoms with Crippen LogP contribution in [0.3, 0.4) is 0 Å². The number of nitrogens with one attached hydrogen (secondary N) is 1. The molecule has 0 spiro atoms. The summed E-state index contributed by atoms with van der Waals surface area (Å²) in [6, 6.07) is 11.0. The summed E-state index contributed by atoms with van der Waals surface area (Å²) >= 11 is 0. The summed E-state index contributed by atoms with van der Waals surface area (Å²) in [6.07, 6.45) is -2.42. The van der Waals surface area contributed by atoms with Gasteiger partial charge < -0.3 is 10.2 Å². The Morgan fingerprint density at radius 2 is 1.89 bits per heavy atom. The third-order valence-corrected chi connectivity index (χ3v) is 4.42. The Morgan fingerprint density at radius 1 is 1.15 bits per heavy atom. The molecule has 1 unspecified atom stereocenters. The van der Waals surface area contributed by atoms with Gasteiger partial charge in [-0.2, -0.15) is 13.2 Å². The first-order valence-electron chi connectivity index (χ1n) is 8.53. The average molecular weight is 377 g/mol. The number of likely N-dealkylation sites (tertiary alicyclic amines) is 1. The number of halogens is 3. The molecular weight excluding hydrogens is 359 g/mol. The number of para-hydroxylation sites is 1. The van der Waals surface area contributed by atoms with Crippen LogP contribution >= 0.6 is 0 Å². The normalized spacial score (nSPS) is 17.4. The second-order valence-corrected chi connectivity index (χ2v) is 6.37. The van der Waals surface area contributed by atoms with E-state index in [4.69, 9.17) is 0 Å². The minimum absolute atomic E-state index is 0.0820. The van der Waals surface area contributed by atoms with Gasteiger partial charge in [-0.15, -0.1) is 0 Å². The Morgan fingerprint density at radius 3 is 2.59 bits per heavy atom. The number of carbonyl (C=O) groups excluding carboxylic acids is 2. The second kappa shape index (κ2) is 7.77. The minimum Gasteiger partial charge on any atom is -0.338 e. The summed E-state index contributed by atoms with van der Waals surface area (Å²) in [4.78, 5) is 29.7. The number of benzene rings is 1. The average Bonchev–Trinajstić information content (AvgIpc) is 2.68. The number of piperidine rings is 1. The number of pyridine rings is 1. The van der Waals surface area contributed by atoms with Crippen molar-refractivity contribution in [2.75, 3.05) is 18.4 Å². The molecule has 1 atom stereocenters. The summed E-state index contributed by atoms with van der Waals surface area (Å²) < 4.78 is 38.4. The van der Waals surface area contributed by atoms with Gasteiger partial charge in [0.2, 0.25) is 5.91 Å². The van der Waals surface area contributed by atoms with Crippen molar-refractivity contribution < 1.29 is 22.8 Å². The Balaban J connectivity index is 1.69. The van der Waals surface area contributed by atoms with Crippen molar-refractivity contribution in [3.63, 3.8) is 0 Å². The van der Waals surface area contributed by atoms with E-state index < -0.39 is 23.7 Å². The molecule has 1 N–H and O–H groups in total. The van der Waals surface area contributed by atoms with Crippen molar-refractivity contribution in [2.45, 2.75) is 19.0 Å². The van der Waals surface area contributed by atoms with Crippen molar-refractivity contribution in [2.24, 2.45) is 5.92 Å². The molecule has 0 radical (unpaired) electrons. The van der Waals surface area contributed by atoms with Gasteiger partial charge in [-0.25, -0.2) is 0 Å². The van der Waals surface area contributed by atoms with Crippen LogP contribution in [0.5, 0.6) is 0 Å². The van der Waals surface area contributed by atoms with E-state index in [1.165, 1.54) is 11.0 Å². The maximum absolute atomic E-state index is 12.8. The van der Waals surface area contributed by atoms with E-state index in [0.29, 0.717) is 25.1 Å². The summed E-state index contributed by atoms with van der Waals surface area (Å²) in [5.74, 6) is -1.14. The van der Waals surface area contributed by atoms with E-state index in [-0.39, 0.29) is 18.0 Å². The highest BCUT2D eigenvalue weighted by Crippen LogP contribution is 2.28. The van der Waals surface area contributed by atoms with E-state index in [1.54, 1.807) is 24.3 Å². The van der Waals surface area contributed by atoms with Gasteiger partial charge in [-0.3, -0.25) is 14.6 Å². The van der Waals surface area contributed by atoms with E-state index in [0.717, 1.165) is 12.3 Å². The number of aromatic nitrogens is 1. The number of alkyl halides is 3. The Kier molecular flexibility index (Phi) is 5.43. The number of carbonyl (C=O) groups is 2. The lowest BCUT2D eigenvalue weighted by Gasteiger charge is -2.32. The van der Waals surface area contributed by atoms with Crippen LogP contribution in [-0.2, 0) is 11.0 Å². The minimum atomic E-state index is -4.61. The zero-order chi connectivity index (χ0) is 19.4. The van der Waals surface area contributed by atoms with Crippen LogP contribution in [-0.4, -0.2) is 34.8 Å². The highest BCUT2D eigenvalue weighted by molar-refractivity contribution is 5.96. The van der Waals surface area contributed by atoms with Crippen LogP contribution in [0.25, 0.3) is 0 Å². The van der Waals surface area contributed by atoms with Crippen molar-refractivity contribution in [3.8, 4) is 0 Å². The zero-order valence-corrected chi connectivity index (χ0v) is 14.4. The second-order valence-electron chi connectivity index (χ2n) is 6.37. The summed E-state index contributed by atoms with van der Waals surface area (Å²) in [6.45, 7) is 0.568. The molecule has 0 saturated carbocycles. The van der Waals surface area contributed by atoms with Gasteiger partial charge in [0.15, 0.2) is 0 Å². The van der Waals surface area contributed by atoms with Crippen LogP contribution in [0, 0.1) is 5.92 Å². The van der Waals surface area contributed by atoms with Crippen molar-refractivity contribution in [1.29, 1.82) is 0 Å². The topological polar surface area (TPSA) is 62.3 Å². The Hall–Kier alpha value is -2.90. The molecule has 1 aliphatic rings. The van der Waals surface area contributed by atoms with Crippen LogP contribution in [0.15, 0.2) is 48.7 Å². The fourth-order valence-electron chi connectivity index (χ4n) is 3.04. The highest BCUT2D eigenvalue weighted by Gasteiger charge is 2.34. The molecule has 1 aromatic heterocycles. The number of anilines is 1. The number of rotatable bonds is 3. The van der Waals surface area contributed by atoms with Crippen LogP contribution in [0.4, 0.5) is 18.9 Å². The molecule has 3 rings (SSSR count). The fraction of sp³-hybridized carbons (Fsp3) is 0.316. The molecule has 0 aliphatic carbocycles. The Bertz CT molecular complexity index is 824. The molecule has 2 aromatic rings. The van der Waals surface area contributed by atoms with Gasteiger partial charge in [0.1, 0.15) is 5.69 Å². The van der Waals surface area contributed by atoms with Crippen LogP contribution < -0.4 is 5.32 Å². The first-order valence-corrected chi connectivity index (χ1v) is 8.53. The molecule has 5 nitrogen and oxygen atoms in total. The summed E-state index contributed by atoms with van der Waals surface area (Å²) in [5, 5.41) is 2.80. The van der Waals surface area contributed by atoms with E-state index in [2.05, 4.69) is 10.3 Å². The highest BCUT2D eigenvalue weighted by atomic mass is 19.4. The third-order valence-electron chi connectivity index (χ3n) is 4.42. The third kappa shape index (κ3) is 4.64. The molecule has 0 bridgehead atoms. The maximum Gasteiger partial charge on any atom is 0.433 e. The van der Waals surface area contributed by atoms with Gasteiger partial charge in [0.25, 0.3) is 5.91 Å². The molecule has 1 saturated heterocycles. The fourth-order valence-corrected chi connectivity index (χ4v) is 3.04. The van der Waals surface area contributed by atoms with Crippen molar-refractivity contribution in [3.05, 3.63) is 59.9 Å². The predicted molar refractivity (Wildman–Crippen MR) is 92.9 cm³/mol. The summed E-state index contributed by atoms with van der Waals surface area (Å²) in [5.41, 5.74) is -0.528. The quantitative estimate of drug-likeness (QED) is 0.889. The van der Waals surface area contributed by atoms with E-state index >= 15 is 0 Å². The molecule has 2 amide bonds. The lowest BCUT2D eigenvalue weighted by molar-refractivity contribution is -0.141. The maximum atomic E-state index is 12.8. The molecule has 27 heavy (non-hydrogen) atoms.